The molecule has 1 heterocycles. The zero-order valence-corrected chi connectivity index (χ0v) is 10.2. The molecule has 1 aromatic carbocycles. The standard InChI is InChI=1S/C11H9ClN2O2S/c12-7-1-3-8(4-2-7)13-14-11(16)10-5-9(15)6-17-10/h1-6,13,15H,(H,14,16). The van der Waals surface area contributed by atoms with Crippen LogP contribution in [0.1, 0.15) is 9.67 Å². The van der Waals surface area contributed by atoms with Gasteiger partial charge in [0.25, 0.3) is 5.91 Å². The Balaban J connectivity index is 1.94. The summed E-state index contributed by atoms with van der Waals surface area (Å²) in [5.74, 6) is -0.211. The summed E-state index contributed by atoms with van der Waals surface area (Å²) in [6.07, 6.45) is 0. The van der Waals surface area contributed by atoms with Gasteiger partial charge in [-0.15, -0.1) is 11.3 Å². The molecule has 0 saturated carbocycles. The molecule has 0 aliphatic rings. The Labute approximate surface area is 107 Å². The predicted molar refractivity (Wildman–Crippen MR) is 68.5 cm³/mol. The summed E-state index contributed by atoms with van der Waals surface area (Å²) >= 11 is 6.90. The van der Waals surface area contributed by atoms with Gasteiger partial charge in [0.1, 0.15) is 5.75 Å². The SMILES string of the molecule is O=C(NNc1ccc(Cl)cc1)c1cc(O)cs1. The lowest BCUT2D eigenvalue weighted by molar-refractivity contribution is 0.0966. The summed E-state index contributed by atoms with van der Waals surface area (Å²) in [4.78, 5) is 12.0. The first-order valence-electron chi connectivity index (χ1n) is 4.74. The van der Waals surface area contributed by atoms with Gasteiger partial charge in [-0.1, -0.05) is 11.6 Å². The highest BCUT2D eigenvalue weighted by Crippen LogP contribution is 2.19. The molecule has 0 bridgehead atoms. The van der Waals surface area contributed by atoms with Gasteiger partial charge in [0.15, 0.2) is 0 Å². The molecule has 0 saturated heterocycles. The smallest absolute Gasteiger partial charge is 0.279 e. The second kappa shape index (κ2) is 5.07. The van der Waals surface area contributed by atoms with E-state index in [-0.39, 0.29) is 11.7 Å². The van der Waals surface area contributed by atoms with Gasteiger partial charge < -0.3 is 5.11 Å². The van der Waals surface area contributed by atoms with Gasteiger partial charge in [-0.3, -0.25) is 15.6 Å². The number of aromatic hydroxyl groups is 1. The van der Waals surface area contributed by atoms with Crippen molar-refractivity contribution >= 4 is 34.5 Å². The number of hydrogen-bond donors (Lipinski definition) is 3. The topological polar surface area (TPSA) is 61.4 Å². The van der Waals surface area contributed by atoms with Gasteiger partial charge in [0.2, 0.25) is 0 Å². The van der Waals surface area contributed by atoms with Crippen LogP contribution >= 0.6 is 22.9 Å². The second-order valence-electron chi connectivity index (χ2n) is 3.26. The largest absolute Gasteiger partial charge is 0.507 e. The highest BCUT2D eigenvalue weighted by Gasteiger charge is 2.07. The van der Waals surface area contributed by atoms with E-state index in [4.69, 9.17) is 16.7 Å². The molecule has 17 heavy (non-hydrogen) atoms. The molecule has 0 atom stereocenters. The molecule has 6 heteroatoms. The molecule has 4 nitrogen and oxygen atoms in total. The quantitative estimate of drug-likeness (QED) is 0.750. The third kappa shape index (κ3) is 3.12. The summed E-state index contributed by atoms with van der Waals surface area (Å²) in [6.45, 7) is 0. The number of rotatable bonds is 3. The first-order chi connectivity index (χ1) is 8.15. The molecule has 0 unspecified atom stereocenters. The van der Waals surface area contributed by atoms with Gasteiger partial charge in [-0.25, -0.2) is 0 Å². The van der Waals surface area contributed by atoms with Crippen LogP contribution in [0, 0.1) is 0 Å². The maximum absolute atomic E-state index is 11.6. The van der Waals surface area contributed by atoms with Gasteiger partial charge in [-0.05, 0) is 24.3 Å². The fraction of sp³-hybridized carbons (Fsp3) is 0. The minimum atomic E-state index is -0.301. The van der Waals surface area contributed by atoms with Gasteiger partial charge in [0, 0.05) is 16.5 Å². The number of carbonyl (C=O) groups excluding carboxylic acids is 1. The van der Waals surface area contributed by atoms with Crippen LogP contribution in [-0.4, -0.2) is 11.0 Å². The molecular weight excluding hydrogens is 260 g/mol. The van der Waals surface area contributed by atoms with Crippen molar-refractivity contribution in [3.8, 4) is 5.75 Å². The van der Waals surface area contributed by atoms with Crippen molar-refractivity contribution in [1.29, 1.82) is 0 Å². The normalized spacial score (nSPS) is 9.94. The molecule has 88 valence electrons. The fourth-order valence-electron chi connectivity index (χ4n) is 1.17. The number of amides is 1. The van der Waals surface area contributed by atoms with E-state index in [0.29, 0.717) is 9.90 Å². The van der Waals surface area contributed by atoms with E-state index in [1.165, 1.54) is 22.8 Å². The van der Waals surface area contributed by atoms with Gasteiger partial charge >= 0.3 is 0 Å². The first kappa shape index (κ1) is 11.8. The highest BCUT2D eigenvalue weighted by atomic mass is 35.5. The van der Waals surface area contributed by atoms with E-state index < -0.39 is 0 Å². The number of carbonyl (C=O) groups is 1. The Kier molecular flexibility index (Phi) is 3.51. The number of anilines is 1. The lowest BCUT2D eigenvalue weighted by Crippen LogP contribution is -2.28. The third-order valence-corrected chi connectivity index (χ3v) is 3.14. The van der Waals surface area contributed by atoms with Crippen LogP contribution in [0.3, 0.4) is 0 Å². The van der Waals surface area contributed by atoms with Crippen LogP contribution in [0.15, 0.2) is 35.7 Å². The van der Waals surface area contributed by atoms with Crippen LogP contribution < -0.4 is 10.9 Å². The molecular formula is C11H9ClN2O2S. The van der Waals surface area contributed by atoms with Crippen molar-refractivity contribution in [3.05, 3.63) is 45.6 Å². The van der Waals surface area contributed by atoms with Crippen LogP contribution in [0.5, 0.6) is 5.75 Å². The van der Waals surface area contributed by atoms with Crippen molar-refractivity contribution in [2.45, 2.75) is 0 Å². The Bertz CT molecular complexity index is 525. The van der Waals surface area contributed by atoms with Crippen molar-refractivity contribution in [3.63, 3.8) is 0 Å². The van der Waals surface area contributed by atoms with Crippen molar-refractivity contribution < 1.29 is 9.90 Å². The van der Waals surface area contributed by atoms with E-state index in [0.717, 1.165) is 5.69 Å². The molecule has 3 N–H and O–H groups in total. The van der Waals surface area contributed by atoms with Gasteiger partial charge in [-0.2, -0.15) is 0 Å². The van der Waals surface area contributed by atoms with Crippen LogP contribution in [-0.2, 0) is 0 Å². The van der Waals surface area contributed by atoms with Crippen molar-refractivity contribution in [2.24, 2.45) is 0 Å². The van der Waals surface area contributed by atoms with E-state index in [1.54, 1.807) is 24.3 Å². The maximum atomic E-state index is 11.6. The fourth-order valence-corrected chi connectivity index (χ4v) is 1.96. The Morgan fingerprint density at radius 3 is 2.59 bits per heavy atom. The predicted octanol–water partition coefficient (Wildman–Crippen LogP) is 2.86. The van der Waals surface area contributed by atoms with Crippen molar-refractivity contribution in [1.82, 2.24) is 5.43 Å². The lowest BCUT2D eigenvalue weighted by Gasteiger charge is -2.06. The summed E-state index contributed by atoms with van der Waals surface area (Å²) in [5, 5.41) is 11.2. The summed E-state index contributed by atoms with van der Waals surface area (Å²) in [6, 6.07) is 8.33. The summed E-state index contributed by atoms with van der Waals surface area (Å²) in [5.41, 5.74) is 5.99. The van der Waals surface area contributed by atoms with Gasteiger partial charge in [0.05, 0.1) is 10.6 Å². The number of thiophene rings is 1. The average Bonchev–Trinajstić information content (AvgIpc) is 2.75. The number of halogens is 1. The van der Waals surface area contributed by atoms with Crippen LogP contribution in [0.2, 0.25) is 5.02 Å². The molecule has 1 amide bonds. The Morgan fingerprint density at radius 1 is 1.29 bits per heavy atom. The first-order valence-corrected chi connectivity index (χ1v) is 6.00. The monoisotopic (exact) mass is 268 g/mol. The minimum Gasteiger partial charge on any atom is -0.507 e. The number of hydrazine groups is 1. The third-order valence-electron chi connectivity index (χ3n) is 1.97. The van der Waals surface area contributed by atoms with Crippen LogP contribution in [0.4, 0.5) is 5.69 Å². The zero-order chi connectivity index (χ0) is 12.3. The molecule has 0 aliphatic heterocycles. The molecule has 0 fully saturated rings. The lowest BCUT2D eigenvalue weighted by atomic mass is 10.3. The highest BCUT2D eigenvalue weighted by molar-refractivity contribution is 7.12. The molecule has 1 aromatic heterocycles. The van der Waals surface area contributed by atoms with E-state index >= 15 is 0 Å². The van der Waals surface area contributed by atoms with E-state index in [2.05, 4.69) is 10.9 Å². The Hall–Kier alpha value is -1.72. The summed E-state index contributed by atoms with van der Waals surface area (Å²) in [7, 11) is 0. The zero-order valence-electron chi connectivity index (χ0n) is 8.61. The summed E-state index contributed by atoms with van der Waals surface area (Å²) < 4.78 is 0. The number of hydrogen-bond acceptors (Lipinski definition) is 4. The average molecular weight is 269 g/mol. The molecule has 0 aliphatic carbocycles. The minimum absolute atomic E-state index is 0.0895. The molecule has 2 aromatic rings. The number of benzene rings is 1. The van der Waals surface area contributed by atoms with Crippen LogP contribution in [0.25, 0.3) is 0 Å². The van der Waals surface area contributed by atoms with E-state index in [9.17, 15) is 4.79 Å². The number of nitrogens with one attached hydrogen (secondary N) is 2. The van der Waals surface area contributed by atoms with E-state index in [1.807, 2.05) is 0 Å². The Morgan fingerprint density at radius 2 is 2.00 bits per heavy atom. The molecule has 0 spiro atoms. The van der Waals surface area contributed by atoms with Crippen molar-refractivity contribution in [2.75, 3.05) is 5.43 Å². The second-order valence-corrected chi connectivity index (χ2v) is 4.60. The maximum Gasteiger partial charge on any atom is 0.279 e. The molecule has 0 radical (unpaired) electrons. The molecule has 2 rings (SSSR count).